The lowest BCUT2D eigenvalue weighted by atomic mass is 10.1. The summed E-state index contributed by atoms with van der Waals surface area (Å²) in [5.74, 6) is 5.77. The van der Waals surface area contributed by atoms with E-state index in [0.29, 0.717) is 18.8 Å². The number of benzene rings is 1. The maximum absolute atomic E-state index is 12.2. The number of carbonyl (C=O) groups excluding carboxylic acids is 1. The molecule has 21 heavy (non-hydrogen) atoms. The van der Waals surface area contributed by atoms with Crippen LogP contribution in [0.5, 0.6) is 0 Å². The van der Waals surface area contributed by atoms with Crippen LogP contribution >= 0.6 is 0 Å². The Morgan fingerprint density at radius 3 is 2.71 bits per heavy atom. The summed E-state index contributed by atoms with van der Waals surface area (Å²) >= 11 is 0. The van der Waals surface area contributed by atoms with Crippen molar-refractivity contribution in [1.82, 2.24) is 9.88 Å². The lowest BCUT2D eigenvalue weighted by Crippen LogP contribution is -2.25. The molecular formula is C17H19N3O. The van der Waals surface area contributed by atoms with E-state index in [1.165, 1.54) is 0 Å². The van der Waals surface area contributed by atoms with E-state index in [1.54, 1.807) is 0 Å². The van der Waals surface area contributed by atoms with E-state index in [0.717, 1.165) is 16.8 Å². The Bertz CT molecular complexity index is 704. The van der Waals surface area contributed by atoms with E-state index in [9.17, 15) is 4.79 Å². The first-order valence-corrected chi connectivity index (χ1v) is 6.81. The van der Waals surface area contributed by atoms with Crippen molar-refractivity contribution in [2.45, 2.75) is 13.5 Å². The second kappa shape index (κ2) is 6.78. The summed E-state index contributed by atoms with van der Waals surface area (Å²) in [7, 11) is 1.88. The summed E-state index contributed by atoms with van der Waals surface area (Å²) in [6.45, 7) is 2.73. The molecule has 0 unspecified atom stereocenters. The molecule has 0 aliphatic rings. The monoisotopic (exact) mass is 281 g/mol. The molecule has 0 aliphatic heterocycles. The molecular weight excluding hydrogens is 262 g/mol. The highest BCUT2D eigenvalue weighted by Crippen LogP contribution is 2.09. The molecule has 0 bridgehead atoms. The number of amides is 1. The summed E-state index contributed by atoms with van der Waals surface area (Å²) in [5, 5.41) is 2.93. The SMILES string of the molecule is Cc1ccc(C(=O)NCc2ccccc2C#CCN)n1C. The first-order chi connectivity index (χ1) is 10.1. The number of hydrogen-bond donors (Lipinski definition) is 2. The van der Waals surface area contributed by atoms with Gasteiger partial charge in [0.05, 0.1) is 6.54 Å². The van der Waals surface area contributed by atoms with Gasteiger partial charge in [-0.3, -0.25) is 4.79 Å². The van der Waals surface area contributed by atoms with Crippen LogP contribution < -0.4 is 11.1 Å². The van der Waals surface area contributed by atoms with Gasteiger partial charge in [0.2, 0.25) is 0 Å². The van der Waals surface area contributed by atoms with Gasteiger partial charge in [-0.2, -0.15) is 0 Å². The van der Waals surface area contributed by atoms with Gasteiger partial charge in [0, 0.05) is 24.8 Å². The number of aryl methyl sites for hydroxylation is 1. The fourth-order valence-corrected chi connectivity index (χ4v) is 2.05. The standard InChI is InChI=1S/C17H19N3O/c1-13-9-10-16(20(13)2)17(21)19-12-15-7-4-3-6-14(15)8-5-11-18/h3-4,6-7,9-10H,11-12,18H2,1-2H3,(H,19,21). The van der Waals surface area contributed by atoms with Crippen LogP contribution in [-0.4, -0.2) is 17.0 Å². The first-order valence-electron chi connectivity index (χ1n) is 6.81. The van der Waals surface area contributed by atoms with Crippen molar-refractivity contribution in [2.75, 3.05) is 6.54 Å². The van der Waals surface area contributed by atoms with Gasteiger partial charge in [-0.25, -0.2) is 0 Å². The van der Waals surface area contributed by atoms with Crippen molar-refractivity contribution in [2.24, 2.45) is 12.8 Å². The molecule has 4 nitrogen and oxygen atoms in total. The molecule has 108 valence electrons. The average molecular weight is 281 g/mol. The fraction of sp³-hybridized carbons (Fsp3) is 0.235. The van der Waals surface area contributed by atoms with E-state index < -0.39 is 0 Å². The molecule has 0 atom stereocenters. The molecule has 0 saturated heterocycles. The molecule has 1 heterocycles. The second-order valence-electron chi connectivity index (χ2n) is 4.76. The third-order valence-corrected chi connectivity index (χ3v) is 3.39. The van der Waals surface area contributed by atoms with Gasteiger partial charge in [-0.15, -0.1) is 0 Å². The van der Waals surface area contributed by atoms with Crippen LogP contribution in [0, 0.1) is 18.8 Å². The molecule has 0 radical (unpaired) electrons. The quantitative estimate of drug-likeness (QED) is 0.839. The Balaban J connectivity index is 2.10. The second-order valence-corrected chi connectivity index (χ2v) is 4.76. The zero-order valence-corrected chi connectivity index (χ0v) is 12.3. The Kier molecular flexibility index (Phi) is 4.81. The Hall–Kier alpha value is -2.51. The number of hydrogen-bond acceptors (Lipinski definition) is 2. The maximum Gasteiger partial charge on any atom is 0.268 e. The molecule has 1 aromatic carbocycles. The number of nitrogens with two attached hydrogens (primary N) is 1. The predicted molar refractivity (Wildman–Crippen MR) is 83.7 cm³/mol. The van der Waals surface area contributed by atoms with E-state index in [1.807, 2.05) is 54.9 Å². The molecule has 0 aliphatic carbocycles. The fourth-order valence-electron chi connectivity index (χ4n) is 2.05. The Morgan fingerprint density at radius 1 is 1.29 bits per heavy atom. The molecule has 2 rings (SSSR count). The maximum atomic E-state index is 12.2. The minimum atomic E-state index is -0.0906. The number of aromatic nitrogens is 1. The van der Waals surface area contributed by atoms with Crippen molar-refractivity contribution < 1.29 is 4.79 Å². The van der Waals surface area contributed by atoms with Crippen LogP contribution in [0.15, 0.2) is 36.4 Å². The normalized spacial score (nSPS) is 9.86. The zero-order chi connectivity index (χ0) is 15.2. The van der Waals surface area contributed by atoms with Crippen LogP contribution in [0.3, 0.4) is 0 Å². The first kappa shape index (κ1) is 14.9. The highest BCUT2D eigenvalue weighted by Gasteiger charge is 2.10. The molecule has 0 saturated carbocycles. The van der Waals surface area contributed by atoms with Gasteiger partial charge < -0.3 is 15.6 Å². The molecule has 0 spiro atoms. The molecule has 3 N–H and O–H groups in total. The molecule has 4 heteroatoms. The van der Waals surface area contributed by atoms with Crippen LogP contribution in [0.4, 0.5) is 0 Å². The average Bonchev–Trinajstić information content (AvgIpc) is 2.83. The summed E-state index contributed by atoms with van der Waals surface area (Å²) < 4.78 is 1.87. The number of nitrogens with zero attached hydrogens (tertiary/aromatic N) is 1. The molecule has 0 fully saturated rings. The minimum absolute atomic E-state index is 0.0906. The summed E-state index contributed by atoms with van der Waals surface area (Å²) in [5.41, 5.74) is 8.98. The van der Waals surface area contributed by atoms with Crippen molar-refractivity contribution in [3.63, 3.8) is 0 Å². The summed E-state index contributed by atoms with van der Waals surface area (Å²) in [6, 6.07) is 11.5. The van der Waals surface area contributed by atoms with Crippen molar-refractivity contribution in [3.8, 4) is 11.8 Å². The third-order valence-electron chi connectivity index (χ3n) is 3.39. The van der Waals surface area contributed by atoms with Crippen LogP contribution in [0.2, 0.25) is 0 Å². The highest BCUT2D eigenvalue weighted by molar-refractivity contribution is 5.92. The van der Waals surface area contributed by atoms with Gasteiger partial charge in [0.15, 0.2) is 0 Å². The van der Waals surface area contributed by atoms with E-state index in [-0.39, 0.29) is 5.91 Å². The Morgan fingerprint density at radius 2 is 2.05 bits per heavy atom. The van der Waals surface area contributed by atoms with Crippen LogP contribution in [-0.2, 0) is 13.6 Å². The lowest BCUT2D eigenvalue weighted by Gasteiger charge is -2.08. The largest absolute Gasteiger partial charge is 0.347 e. The number of carbonyl (C=O) groups is 1. The third kappa shape index (κ3) is 3.53. The summed E-state index contributed by atoms with van der Waals surface area (Å²) in [6.07, 6.45) is 0. The van der Waals surface area contributed by atoms with Crippen molar-refractivity contribution >= 4 is 5.91 Å². The van der Waals surface area contributed by atoms with Gasteiger partial charge >= 0.3 is 0 Å². The molecule has 1 amide bonds. The van der Waals surface area contributed by atoms with E-state index in [2.05, 4.69) is 17.2 Å². The predicted octanol–water partition coefficient (Wildman–Crippen LogP) is 1.57. The zero-order valence-electron chi connectivity index (χ0n) is 12.3. The van der Waals surface area contributed by atoms with Crippen molar-refractivity contribution in [3.05, 3.63) is 58.9 Å². The van der Waals surface area contributed by atoms with Crippen LogP contribution in [0.1, 0.15) is 27.3 Å². The Labute approximate surface area is 125 Å². The highest BCUT2D eigenvalue weighted by atomic mass is 16.1. The van der Waals surface area contributed by atoms with Gasteiger partial charge in [0.1, 0.15) is 5.69 Å². The minimum Gasteiger partial charge on any atom is -0.347 e. The lowest BCUT2D eigenvalue weighted by molar-refractivity contribution is 0.0942. The topological polar surface area (TPSA) is 60.1 Å². The molecule has 1 aromatic heterocycles. The van der Waals surface area contributed by atoms with Gasteiger partial charge in [-0.1, -0.05) is 30.0 Å². The van der Waals surface area contributed by atoms with Gasteiger partial charge in [0.25, 0.3) is 5.91 Å². The number of nitrogens with one attached hydrogen (secondary N) is 1. The van der Waals surface area contributed by atoms with E-state index >= 15 is 0 Å². The molecule has 2 aromatic rings. The van der Waals surface area contributed by atoms with Crippen molar-refractivity contribution in [1.29, 1.82) is 0 Å². The van der Waals surface area contributed by atoms with Gasteiger partial charge in [-0.05, 0) is 30.7 Å². The smallest absolute Gasteiger partial charge is 0.268 e. The van der Waals surface area contributed by atoms with Crippen LogP contribution in [0.25, 0.3) is 0 Å². The van der Waals surface area contributed by atoms with E-state index in [4.69, 9.17) is 5.73 Å². The number of rotatable bonds is 3. The summed E-state index contributed by atoms with van der Waals surface area (Å²) in [4.78, 5) is 12.2.